The minimum Gasteiger partial charge on any atom is -0.535 e. The van der Waals surface area contributed by atoms with E-state index in [1.807, 2.05) is 25.3 Å². The number of carbonyl (C=O) groups is 1. The van der Waals surface area contributed by atoms with Crippen LogP contribution in [0.3, 0.4) is 0 Å². The highest BCUT2D eigenvalue weighted by Gasteiger charge is 2.16. The topological polar surface area (TPSA) is 49.2 Å². The fourth-order valence-corrected chi connectivity index (χ4v) is 3.10. The highest BCUT2D eigenvalue weighted by Crippen LogP contribution is 2.32. The maximum Gasteiger partial charge on any atom is 0.725 e. The number of aryl methyl sites for hydroxylation is 1. The van der Waals surface area contributed by atoms with E-state index in [4.69, 9.17) is 9.84 Å². The van der Waals surface area contributed by atoms with E-state index < -0.39 is 6.16 Å². The third-order valence-corrected chi connectivity index (χ3v) is 4.06. The maximum absolute atomic E-state index is 10.5. The molecule has 2 N–H and O–H groups in total. The normalized spacial score (nSPS) is 12.1. The molecule has 0 fully saturated rings. The van der Waals surface area contributed by atoms with Crippen LogP contribution >= 0.6 is 21.6 Å². The van der Waals surface area contributed by atoms with E-state index >= 15 is 0 Å². The molecule has 0 saturated heterocycles. The van der Waals surface area contributed by atoms with Crippen LogP contribution in [0.4, 0.5) is 4.79 Å². The Kier molecular flexibility index (Phi) is 6.29. The molecule has 17 heavy (non-hydrogen) atoms. The molecule has 0 aliphatic rings. The molecular formula is C12H17O3S2+. The van der Waals surface area contributed by atoms with Crippen molar-refractivity contribution in [1.29, 1.82) is 0 Å². The number of carbonyl (C=O) groups excluding carboxylic acids is 1. The molecule has 1 aromatic rings. The Balaban J connectivity index is 2.53. The van der Waals surface area contributed by atoms with Crippen LogP contribution in [-0.4, -0.2) is 23.6 Å². The Morgan fingerprint density at radius 2 is 2.18 bits per heavy atom. The first kappa shape index (κ1) is 14.3. The van der Waals surface area contributed by atoms with Gasteiger partial charge in [-0.1, -0.05) is 39.8 Å². The van der Waals surface area contributed by atoms with Gasteiger partial charge in [-0.3, -0.25) is 0 Å². The van der Waals surface area contributed by atoms with Crippen LogP contribution in [0.15, 0.2) is 29.2 Å². The van der Waals surface area contributed by atoms with E-state index in [0.29, 0.717) is 0 Å². The van der Waals surface area contributed by atoms with Gasteiger partial charge in [0.05, 0.1) is 0 Å². The summed E-state index contributed by atoms with van der Waals surface area (Å²) in [5, 5.41) is 6.73. The summed E-state index contributed by atoms with van der Waals surface area (Å²) >= 11 is 0. The van der Waals surface area contributed by atoms with Crippen molar-refractivity contribution < 1.29 is 14.6 Å². The summed E-state index contributed by atoms with van der Waals surface area (Å²) < 4.78 is 4.79. The molecule has 0 amide bonds. The van der Waals surface area contributed by atoms with E-state index in [1.54, 1.807) is 21.6 Å². The summed E-state index contributed by atoms with van der Waals surface area (Å²) in [6.45, 7) is 1.82. The van der Waals surface area contributed by atoms with E-state index in [2.05, 4.69) is 12.1 Å². The Labute approximate surface area is 109 Å². The van der Waals surface area contributed by atoms with Gasteiger partial charge in [0.2, 0.25) is 0 Å². The molecule has 1 atom stereocenters. The lowest BCUT2D eigenvalue weighted by Gasteiger charge is -2.09. The summed E-state index contributed by atoms with van der Waals surface area (Å²) in [4.78, 5) is 11.7. The minimum absolute atomic E-state index is 0.202. The molecule has 0 saturated carbocycles. The van der Waals surface area contributed by atoms with Crippen molar-refractivity contribution in [3.63, 3.8) is 0 Å². The predicted octanol–water partition coefficient (Wildman–Crippen LogP) is 3.24. The molecule has 1 aromatic carbocycles. The van der Waals surface area contributed by atoms with Crippen molar-refractivity contribution in [3.8, 4) is 0 Å². The Bertz CT molecular complexity index is 369. The summed E-state index contributed by atoms with van der Waals surface area (Å²) in [5.41, 5.74) is 1.26. The van der Waals surface area contributed by atoms with Gasteiger partial charge in [0.25, 0.3) is 0 Å². The third-order valence-electron chi connectivity index (χ3n) is 2.27. The lowest BCUT2D eigenvalue weighted by molar-refractivity contribution is 0.0559. The number of hydrogen-bond donors (Lipinski definition) is 0. The second kappa shape index (κ2) is 7.50. The fraction of sp³-hybridized carbons (Fsp3) is 0.417. The molecule has 0 aliphatic carbocycles. The van der Waals surface area contributed by atoms with Crippen LogP contribution in [0.2, 0.25) is 0 Å². The molecule has 94 valence electrons. The third kappa shape index (κ3) is 5.37. The van der Waals surface area contributed by atoms with Gasteiger partial charge in [-0.25, -0.2) is 0 Å². The standard InChI is InChI=1S/C12H16O3S2/c1-9(15-12(13)14)7-8-10-5-3-4-6-11(10)17-16-2/h3-6,9H,7-8H2,1-2H3,(H,13,14)/p+1. The highest BCUT2D eigenvalue weighted by atomic mass is 33.1. The highest BCUT2D eigenvalue weighted by molar-refractivity contribution is 8.76. The van der Waals surface area contributed by atoms with Crippen molar-refractivity contribution in [2.24, 2.45) is 0 Å². The summed E-state index contributed by atoms with van der Waals surface area (Å²) in [6.07, 6.45) is 2.50. The minimum atomic E-state index is -0.954. The Hall–Kier alpha value is -0.810. The molecule has 1 unspecified atom stereocenters. The fourth-order valence-electron chi connectivity index (χ4n) is 1.48. The second-order valence-electron chi connectivity index (χ2n) is 3.61. The monoisotopic (exact) mass is 273 g/mol. The zero-order chi connectivity index (χ0) is 12.7. The van der Waals surface area contributed by atoms with Crippen molar-refractivity contribution in [1.82, 2.24) is 0 Å². The molecule has 0 heterocycles. The van der Waals surface area contributed by atoms with Crippen LogP contribution in [-0.2, 0) is 11.2 Å². The van der Waals surface area contributed by atoms with Gasteiger partial charge in [-0.2, -0.15) is 0 Å². The van der Waals surface area contributed by atoms with Crippen molar-refractivity contribution in [2.75, 3.05) is 6.26 Å². The SMILES string of the molecule is CSSc1ccccc1CCC(C)OC(=O)[OH2+]. The Morgan fingerprint density at radius 1 is 1.47 bits per heavy atom. The van der Waals surface area contributed by atoms with Gasteiger partial charge in [0, 0.05) is 16.1 Å². The van der Waals surface area contributed by atoms with E-state index in [9.17, 15) is 4.79 Å². The molecular weight excluding hydrogens is 256 g/mol. The second-order valence-corrected chi connectivity index (χ2v) is 6.05. The van der Waals surface area contributed by atoms with E-state index in [0.717, 1.165) is 12.8 Å². The molecule has 0 spiro atoms. The average Bonchev–Trinajstić information content (AvgIpc) is 2.27. The van der Waals surface area contributed by atoms with E-state index in [1.165, 1.54) is 10.5 Å². The van der Waals surface area contributed by atoms with Crippen LogP contribution in [0.25, 0.3) is 0 Å². The first-order valence-electron chi connectivity index (χ1n) is 5.34. The molecule has 0 radical (unpaired) electrons. The quantitative estimate of drug-likeness (QED) is 0.453. The predicted molar refractivity (Wildman–Crippen MR) is 73.7 cm³/mol. The molecule has 0 aliphatic heterocycles. The smallest absolute Gasteiger partial charge is 0.535 e. The molecule has 1 rings (SSSR count). The first-order chi connectivity index (χ1) is 8.13. The van der Waals surface area contributed by atoms with Gasteiger partial charge >= 0.3 is 6.16 Å². The summed E-state index contributed by atoms with van der Waals surface area (Å²) in [6, 6.07) is 8.22. The molecule has 5 heteroatoms. The molecule has 0 aromatic heterocycles. The first-order valence-corrected chi connectivity index (χ1v) is 7.90. The largest absolute Gasteiger partial charge is 0.725 e. The van der Waals surface area contributed by atoms with Crippen LogP contribution in [0.1, 0.15) is 18.9 Å². The average molecular weight is 273 g/mol. The maximum atomic E-state index is 10.5. The summed E-state index contributed by atoms with van der Waals surface area (Å²) in [5.74, 6) is 0. The summed E-state index contributed by atoms with van der Waals surface area (Å²) in [7, 11) is 3.45. The van der Waals surface area contributed by atoms with Crippen molar-refractivity contribution >= 4 is 27.7 Å². The van der Waals surface area contributed by atoms with Gasteiger partial charge < -0.3 is 9.84 Å². The molecule has 0 bridgehead atoms. The number of hydrogen-bond acceptors (Lipinski definition) is 4. The van der Waals surface area contributed by atoms with Gasteiger partial charge in [0.15, 0.2) is 6.10 Å². The van der Waals surface area contributed by atoms with Crippen LogP contribution in [0, 0.1) is 0 Å². The van der Waals surface area contributed by atoms with Gasteiger partial charge in [-0.15, -0.1) is 0 Å². The van der Waals surface area contributed by atoms with Crippen LogP contribution < -0.4 is 0 Å². The number of benzene rings is 1. The molecule has 3 nitrogen and oxygen atoms in total. The number of rotatable bonds is 6. The zero-order valence-electron chi connectivity index (χ0n) is 9.93. The van der Waals surface area contributed by atoms with E-state index in [-0.39, 0.29) is 6.10 Å². The lowest BCUT2D eigenvalue weighted by Crippen LogP contribution is -2.13. The van der Waals surface area contributed by atoms with Crippen molar-refractivity contribution in [2.45, 2.75) is 30.8 Å². The van der Waals surface area contributed by atoms with Crippen molar-refractivity contribution in [3.05, 3.63) is 29.8 Å². The Morgan fingerprint density at radius 3 is 2.82 bits per heavy atom. The van der Waals surface area contributed by atoms with Gasteiger partial charge in [0.1, 0.15) is 0 Å². The zero-order valence-corrected chi connectivity index (χ0v) is 11.6. The lowest BCUT2D eigenvalue weighted by atomic mass is 10.1. The van der Waals surface area contributed by atoms with Crippen LogP contribution in [0.5, 0.6) is 0 Å². The van der Waals surface area contributed by atoms with Gasteiger partial charge in [-0.05, 0) is 31.2 Å². The number of ether oxygens (including phenoxy) is 1.